The first-order valence-corrected chi connectivity index (χ1v) is 6.63. The van der Waals surface area contributed by atoms with Crippen LogP contribution in [0.15, 0.2) is 27.2 Å². The number of hydrogen-bond acceptors (Lipinski definition) is 4. The molecule has 1 unspecified atom stereocenters. The van der Waals surface area contributed by atoms with Crippen LogP contribution in [-0.2, 0) is 11.2 Å². The first-order valence-electron chi connectivity index (χ1n) is 5.84. The molecule has 4 nitrogen and oxygen atoms in total. The molecule has 2 atom stereocenters. The monoisotopic (exact) mass is 308 g/mol. The first kappa shape index (κ1) is 11.9. The highest BCUT2D eigenvalue weighted by molar-refractivity contribution is 9.10. The van der Waals surface area contributed by atoms with Gasteiger partial charge >= 0.3 is 0 Å². The zero-order valence-electron chi connectivity index (χ0n) is 10.2. The predicted octanol–water partition coefficient (Wildman–Crippen LogP) is 3.23. The van der Waals surface area contributed by atoms with Gasteiger partial charge in [0.15, 0.2) is 5.82 Å². The molecule has 0 saturated carbocycles. The van der Waals surface area contributed by atoms with Crippen LogP contribution in [0.25, 0.3) is 0 Å². The van der Waals surface area contributed by atoms with Gasteiger partial charge in [0.1, 0.15) is 6.10 Å². The van der Waals surface area contributed by atoms with Crippen LogP contribution in [0, 0.1) is 0 Å². The number of methoxy groups -OCH3 is 1. The normalized spacial score (nSPS) is 19.2. The molecule has 2 aromatic rings. The quantitative estimate of drug-likeness (QED) is 0.873. The Labute approximate surface area is 113 Å². The van der Waals surface area contributed by atoms with Crippen molar-refractivity contribution in [2.75, 3.05) is 7.11 Å². The van der Waals surface area contributed by atoms with E-state index >= 15 is 0 Å². The molecule has 1 aromatic carbocycles. The lowest BCUT2D eigenvalue weighted by molar-refractivity contribution is 0.0886. The SMILES string of the molecule is CO[C@@H](C)c1nc(C2Cc3cccc(Br)c32)no1. The minimum Gasteiger partial charge on any atom is -0.372 e. The molecule has 1 heterocycles. The summed E-state index contributed by atoms with van der Waals surface area (Å²) < 4.78 is 11.5. The van der Waals surface area contributed by atoms with Crippen molar-refractivity contribution in [2.24, 2.45) is 0 Å². The van der Waals surface area contributed by atoms with Crippen molar-refractivity contribution in [3.05, 3.63) is 45.5 Å². The van der Waals surface area contributed by atoms with Crippen molar-refractivity contribution < 1.29 is 9.26 Å². The summed E-state index contributed by atoms with van der Waals surface area (Å²) in [5.41, 5.74) is 2.62. The zero-order valence-corrected chi connectivity index (χ0v) is 11.8. The van der Waals surface area contributed by atoms with Crippen LogP contribution in [0.5, 0.6) is 0 Å². The molecule has 0 radical (unpaired) electrons. The summed E-state index contributed by atoms with van der Waals surface area (Å²) in [5.74, 6) is 1.51. The fraction of sp³-hybridized carbons (Fsp3) is 0.385. The average Bonchev–Trinajstić information content (AvgIpc) is 2.79. The van der Waals surface area contributed by atoms with E-state index in [1.54, 1.807) is 7.11 Å². The van der Waals surface area contributed by atoms with E-state index < -0.39 is 0 Å². The molecule has 0 saturated heterocycles. The number of nitrogens with zero attached hydrogens (tertiary/aromatic N) is 2. The maximum absolute atomic E-state index is 5.23. The molecule has 1 aromatic heterocycles. The van der Waals surface area contributed by atoms with E-state index in [1.165, 1.54) is 11.1 Å². The van der Waals surface area contributed by atoms with Crippen molar-refractivity contribution in [1.29, 1.82) is 0 Å². The highest BCUT2D eigenvalue weighted by atomic mass is 79.9. The molecular weight excluding hydrogens is 296 g/mol. The predicted molar refractivity (Wildman–Crippen MR) is 69.4 cm³/mol. The summed E-state index contributed by atoms with van der Waals surface area (Å²) in [6.45, 7) is 1.89. The average molecular weight is 309 g/mol. The van der Waals surface area contributed by atoms with E-state index in [9.17, 15) is 0 Å². The molecular formula is C13H13BrN2O2. The smallest absolute Gasteiger partial charge is 0.255 e. The summed E-state index contributed by atoms with van der Waals surface area (Å²) in [6.07, 6.45) is 0.805. The van der Waals surface area contributed by atoms with Crippen LogP contribution in [-0.4, -0.2) is 17.3 Å². The highest BCUT2D eigenvalue weighted by Crippen LogP contribution is 2.43. The van der Waals surface area contributed by atoms with Gasteiger partial charge in [0.2, 0.25) is 0 Å². The van der Waals surface area contributed by atoms with Crippen molar-refractivity contribution >= 4 is 15.9 Å². The first-order chi connectivity index (χ1) is 8.70. The van der Waals surface area contributed by atoms with E-state index in [4.69, 9.17) is 9.26 Å². The van der Waals surface area contributed by atoms with Crippen molar-refractivity contribution in [3.63, 3.8) is 0 Å². The molecule has 3 rings (SSSR count). The van der Waals surface area contributed by atoms with Gasteiger partial charge in [-0.1, -0.05) is 33.2 Å². The number of benzene rings is 1. The molecule has 94 valence electrons. The van der Waals surface area contributed by atoms with Crippen LogP contribution in [0.4, 0.5) is 0 Å². The Morgan fingerprint density at radius 1 is 1.50 bits per heavy atom. The van der Waals surface area contributed by atoms with E-state index in [-0.39, 0.29) is 12.0 Å². The van der Waals surface area contributed by atoms with Gasteiger partial charge in [-0.2, -0.15) is 4.98 Å². The second kappa shape index (κ2) is 4.48. The number of rotatable bonds is 3. The Bertz CT molecular complexity index is 568. The van der Waals surface area contributed by atoms with Gasteiger partial charge in [0, 0.05) is 11.6 Å². The Hall–Kier alpha value is -1.20. The van der Waals surface area contributed by atoms with Gasteiger partial charge in [0.25, 0.3) is 5.89 Å². The lowest BCUT2D eigenvalue weighted by Gasteiger charge is -2.28. The molecule has 0 N–H and O–H groups in total. The summed E-state index contributed by atoms with van der Waals surface area (Å²) in [7, 11) is 1.63. The third-order valence-corrected chi connectivity index (χ3v) is 4.08. The maximum Gasteiger partial charge on any atom is 0.255 e. The number of ether oxygens (including phenoxy) is 1. The van der Waals surface area contributed by atoms with Crippen LogP contribution in [0.1, 0.15) is 41.8 Å². The highest BCUT2D eigenvalue weighted by Gasteiger charge is 2.33. The van der Waals surface area contributed by atoms with Gasteiger partial charge in [-0.05, 0) is 30.5 Å². The minimum atomic E-state index is -0.162. The number of halogens is 1. The lowest BCUT2D eigenvalue weighted by atomic mass is 9.77. The second-order valence-electron chi connectivity index (χ2n) is 4.44. The molecule has 0 aliphatic heterocycles. The molecule has 0 spiro atoms. The largest absolute Gasteiger partial charge is 0.372 e. The number of aromatic nitrogens is 2. The Morgan fingerprint density at radius 2 is 2.33 bits per heavy atom. The molecule has 0 bridgehead atoms. The maximum atomic E-state index is 5.23. The van der Waals surface area contributed by atoms with Crippen LogP contribution in [0.2, 0.25) is 0 Å². The van der Waals surface area contributed by atoms with Crippen LogP contribution >= 0.6 is 15.9 Å². The van der Waals surface area contributed by atoms with Gasteiger partial charge < -0.3 is 9.26 Å². The van der Waals surface area contributed by atoms with E-state index in [0.29, 0.717) is 5.89 Å². The molecule has 5 heteroatoms. The Morgan fingerprint density at radius 3 is 3.06 bits per heavy atom. The molecule has 18 heavy (non-hydrogen) atoms. The third-order valence-electron chi connectivity index (χ3n) is 3.39. The van der Waals surface area contributed by atoms with Gasteiger partial charge in [-0.3, -0.25) is 0 Å². The summed E-state index contributed by atoms with van der Waals surface area (Å²) >= 11 is 3.57. The van der Waals surface area contributed by atoms with Gasteiger partial charge in [-0.25, -0.2) is 0 Å². The minimum absolute atomic E-state index is 0.162. The lowest BCUT2D eigenvalue weighted by Crippen LogP contribution is -2.20. The van der Waals surface area contributed by atoms with E-state index in [2.05, 4.69) is 32.1 Å². The van der Waals surface area contributed by atoms with Crippen molar-refractivity contribution in [3.8, 4) is 0 Å². The van der Waals surface area contributed by atoms with Crippen molar-refractivity contribution in [1.82, 2.24) is 10.1 Å². The standard InChI is InChI=1S/C13H13BrN2O2/c1-7(17-2)13-15-12(16-18-13)9-6-8-4-3-5-10(14)11(8)9/h3-5,7,9H,6H2,1-2H3/t7-,9?/m0/s1. The van der Waals surface area contributed by atoms with Gasteiger partial charge in [-0.15, -0.1) is 0 Å². The van der Waals surface area contributed by atoms with Crippen molar-refractivity contribution in [2.45, 2.75) is 25.4 Å². The summed E-state index contributed by atoms with van der Waals surface area (Å²) in [5, 5.41) is 4.06. The third kappa shape index (κ3) is 1.78. The van der Waals surface area contributed by atoms with E-state index in [0.717, 1.165) is 16.7 Å². The molecule has 1 aliphatic carbocycles. The Kier molecular flexibility index (Phi) is 2.95. The summed E-state index contributed by atoms with van der Waals surface area (Å²) in [4.78, 5) is 4.42. The fourth-order valence-corrected chi connectivity index (χ4v) is 2.90. The Balaban J connectivity index is 1.90. The van der Waals surface area contributed by atoms with Gasteiger partial charge in [0.05, 0.1) is 5.92 Å². The second-order valence-corrected chi connectivity index (χ2v) is 5.29. The number of fused-ring (bicyclic) bond motifs is 1. The topological polar surface area (TPSA) is 48.2 Å². The fourth-order valence-electron chi connectivity index (χ4n) is 2.22. The molecule has 1 aliphatic rings. The zero-order chi connectivity index (χ0) is 12.7. The summed E-state index contributed by atoms with van der Waals surface area (Å²) in [6, 6.07) is 6.23. The van der Waals surface area contributed by atoms with E-state index in [1.807, 2.05) is 19.1 Å². The van der Waals surface area contributed by atoms with Crippen LogP contribution in [0.3, 0.4) is 0 Å². The molecule has 0 amide bonds. The number of hydrogen-bond donors (Lipinski definition) is 0. The van der Waals surface area contributed by atoms with Crippen LogP contribution < -0.4 is 0 Å². The molecule has 0 fully saturated rings.